The van der Waals surface area contributed by atoms with Crippen molar-refractivity contribution in [3.8, 4) is 0 Å². The number of nitrogens with zero attached hydrogens (tertiary/aromatic N) is 1. The lowest BCUT2D eigenvalue weighted by Gasteiger charge is -2.22. The summed E-state index contributed by atoms with van der Waals surface area (Å²) in [6, 6.07) is 12.4. The first-order valence-corrected chi connectivity index (χ1v) is 12.0. The summed E-state index contributed by atoms with van der Waals surface area (Å²) in [6.45, 7) is 5.82. The average molecular weight is 429 g/mol. The van der Waals surface area contributed by atoms with Crippen LogP contribution >= 0.6 is 0 Å². The highest BCUT2D eigenvalue weighted by Crippen LogP contribution is 2.34. The molecular formula is C23H28N2O4S. The number of carbonyl (C=O) groups is 2. The van der Waals surface area contributed by atoms with Crippen molar-refractivity contribution in [1.82, 2.24) is 0 Å². The smallest absolute Gasteiger partial charge is 0.226 e. The molecule has 7 heteroatoms. The van der Waals surface area contributed by atoms with E-state index in [1.54, 1.807) is 17.0 Å². The average Bonchev–Trinajstić information content (AvgIpc) is 3.07. The van der Waals surface area contributed by atoms with Crippen LogP contribution in [0.25, 0.3) is 0 Å². The lowest BCUT2D eigenvalue weighted by Crippen LogP contribution is -2.35. The number of anilines is 2. The van der Waals surface area contributed by atoms with Crippen LogP contribution in [0.15, 0.2) is 47.4 Å². The number of fused-ring (bicyclic) bond motifs is 1. The normalized spacial score (nSPS) is 15.7. The molecule has 0 aliphatic carbocycles. The summed E-state index contributed by atoms with van der Waals surface area (Å²) in [7, 11) is -3.60. The molecule has 0 spiro atoms. The molecule has 0 saturated carbocycles. The number of sulfone groups is 1. The number of hydrogen-bond donors (Lipinski definition) is 1. The van der Waals surface area contributed by atoms with Gasteiger partial charge in [-0.05, 0) is 61.2 Å². The van der Waals surface area contributed by atoms with Crippen molar-refractivity contribution in [2.24, 2.45) is 0 Å². The monoisotopic (exact) mass is 428 g/mol. The maximum Gasteiger partial charge on any atom is 0.226 e. The molecule has 0 fully saturated rings. The van der Waals surface area contributed by atoms with Gasteiger partial charge in [-0.1, -0.05) is 26.0 Å². The summed E-state index contributed by atoms with van der Waals surface area (Å²) in [6.07, 6.45) is 1.82. The van der Waals surface area contributed by atoms with Crippen LogP contribution in [-0.4, -0.2) is 32.0 Å². The van der Waals surface area contributed by atoms with Crippen molar-refractivity contribution in [3.63, 3.8) is 0 Å². The highest BCUT2D eigenvalue weighted by atomic mass is 32.2. The predicted octanol–water partition coefficient (Wildman–Crippen LogP) is 3.74. The van der Waals surface area contributed by atoms with Crippen LogP contribution in [0.2, 0.25) is 0 Å². The fourth-order valence-corrected chi connectivity index (χ4v) is 5.03. The van der Waals surface area contributed by atoms with E-state index in [1.165, 1.54) is 11.6 Å². The standard InChI is InChI=1S/C23H28N2O4S/c1-4-17-6-8-19(9-7-17)24-22(26)12-13-30(28,29)20-10-11-21-18(15-20)14-16(3)25(21)23(27)5-2/h6-11,15-16H,4-5,12-14H2,1-3H3,(H,24,26). The van der Waals surface area contributed by atoms with Gasteiger partial charge in [0.05, 0.1) is 10.6 Å². The van der Waals surface area contributed by atoms with Gasteiger partial charge < -0.3 is 10.2 Å². The van der Waals surface area contributed by atoms with Crippen molar-refractivity contribution in [1.29, 1.82) is 0 Å². The quantitative estimate of drug-likeness (QED) is 0.728. The van der Waals surface area contributed by atoms with Gasteiger partial charge in [-0.15, -0.1) is 0 Å². The Morgan fingerprint density at radius 1 is 1.10 bits per heavy atom. The second kappa shape index (κ2) is 9.00. The van der Waals surface area contributed by atoms with E-state index in [0.29, 0.717) is 18.5 Å². The van der Waals surface area contributed by atoms with E-state index in [9.17, 15) is 18.0 Å². The molecule has 1 unspecified atom stereocenters. The zero-order valence-corrected chi connectivity index (χ0v) is 18.5. The molecule has 1 atom stereocenters. The molecule has 30 heavy (non-hydrogen) atoms. The maximum atomic E-state index is 12.8. The number of amides is 2. The minimum absolute atomic E-state index is 0.00952. The maximum absolute atomic E-state index is 12.8. The molecule has 1 heterocycles. The van der Waals surface area contributed by atoms with Crippen molar-refractivity contribution >= 4 is 33.0 Å². The van der Waals surface area contributed by atoms with Crippen molar-refractivity contribution in [3.05, 3.63) is 53.6 Å². The molecule has 0 radical (unpaired) electrons. The van der Waals surface area contributed by atoms with Gasteiger partial charge in [-0.2, -0.15) is 0 Å². The SMILES string of the molecule is CCC(=O)N1c2ccc(S(=O)(=O)CCC(=O)Nc3ccc(CC)cc3)cc2CC1C. The molecule has 0 bridgehead atoms. The topological polar surface area (TPSA) is 83.6 Å². The Balaban J connectivity index is 1.66. The predicted molar refractivity (Wildman–Crippen MR) is 119 cm³/mol. The van der Waals surface area contributed by atoms with Gasteiger partial charge in [0.25, 0.3) is 0 Å². The van der Waals surface area contributed by atoms with E-state index in [2.05, 4.69) is 12.2 Å². The summed E-state index contributed by atoms with van der Waals surface area (Å²) in [5, 5.41) is 2.74. The number of carbonyl (C=O) groups excluding carboxylic acids is 2. The number of rotatable bonds is 7. The van der Waals surface area contributed by atoms with Crippen LogP contribution in [0.3, 0.4) is 0 Å². The van der Waals surface area contributed by atoms with E-state index in [4.69, 9.17) is 0 Å². The molecule has 2 aromatic rings. The van der Waals surface area contributed by atoms with E-state index < -0.39 is 9.84 Å². The second-order valence-electron chi connectivity index (χ2n) is 7.63. The van der Waals surface area contributed by atoms with Crippen LogP contribution in [0.1, 0.15) is 44.7 Å². The Kier molecular flexibility index (Phi) is 6.61. The van der Waals surface area contributed by atoms with E-state index in [-0.39, 0.29) is 34.9 Å². The summed E-state index contributed by atoms with van der Waals surface area (Å²) in [4.78, 5) is 26.3. The van der Waals surface area contributed by atoms with Crippen LogP contribution in [0.5, 0.6) is 0 Å². The summed E-state index contributed by atoms with van der Waals surface area (Å²) < 4.78 is 25.5. The van der Waals surface area contributed by atoms with Crippen LogP contribution in [0, 0.1) is 0 Å². The fraction of sp³-hybridized carbons (Fsp3) is 0.391. The van der Waals surface area contributed by atoms with Gasteiger partial charge in [0.2, 0.25) is 11.8 Å². The third kappa shape index (κ3) is 4.73. The molecule has 1 aliphatic rings. The number of hydrogen-bond acceptors (Lipinski definition) is 4. The van der Waals surface area contributed by atoms with Gasteiger partial charge in [0.1, 0.15) is 0 Å². The van der Waals surface area contributed by atoms with Gasteiger partial charge in [0.15, 0.2) is 9.84 Å². The Bertz CT molecular complexity index is 1050. The molecule has 1 N–H and O–H groups in total. The molecule has 2 amide bonds. The minimum Gasteiger partial charge on any atom is -0.326 e. The molecule has 0 aromatic heterocycles. The Labute approximate surface area is 178 Å². The van der Waals surface area contributed by atoms with E-state index >= 15 is 0 Å². The van der Waals surface area contributed by atoms with Crippen LogP contribution < -0.4 is 10.2 Å². The third-order valence-corrected chi connectivity index (χ3v) is 7.15. The Hall–Kier alpha value is -2.67. The fourth-order valence-electron chi connectivity index (χ4n) is 3.74. The number of aryl methyl sites for hydroxylation is 1. The second-order valence-corrected chi connectivity index (χ2v) is 9.74. The van der Waals surface area contributed by atoms with Crippen LogP contribution in [-0.2, 0) is 32.3 Å². The van der Waals surface area contributed by atoms with Crippen molar-refractivity contribution < 1.29 is 18.0 Å². The van der Waals surface area contributed by atoms with Crippen molar-refractivity contribution in [2.75, 3.05) is 16.0 Å². The van der Waals surface area contributed by atoms with Gasteiger partial charge >= 0.3 is 0 Å². The minimum atomic E-state index is -3.60. The zero-order chi connectivity index (χ0) is 21.9. The van der Waals surface area contributed by atoms with Crippen LogP contribution in [0.4, 0.5) is 11.4 Å². The summed E-state index contributed by atoms with van der Waals surface area (Å²) >= 11 is 0. The molecular weight excluding hydrogens is 400 g/mol. The largest absolute Gasteiger partial charge is 0.326 e. The highest BCUT2D eigenvalue weighted by molar-refractivity contribution is 7.91. The lowest BCUT2D eigenvalue weighted by atomic mass is 10.1. The zero-order valence-electron chi connectivity index (χ0n) is 17.6. The molecule has 160 valence electrons. The van der Waals surface area contributed by atoms with Gasteiger partial charge in [0, 0.05) is 30.3 Å². The van der Waals surface area contributed by atoms with Crippen molar-refractivity contribution in [2.45, 2.75) is 57.4 Å². The Morgan fingerprint density at radius 2 is 1.80 bits per heavy atom. The first-order chi connectivity index (χ1) is 14.2. The molecule has 3 rings (SSSR count). The summed E-state index contributed by atoms with van der Waals surface area (Å²) in [5.74, 6) is -0.574. The number of nitrogens with one attached hydrogen (secondary N) is 1. The third-order valence-electron chi connectivity index (χ3n) is 5.44. The lowest BCUT2D eigenvalue weighted by molar-refractivity contribution is -0.118. The first kappa shape index (κ1) is 22.0. The highest BCUT2D eigenvalue weighted by Gasteiger charge is 2.31. The number of benzene rings is 2. The van der Waals surface area contributed by atoms with E-state index in [1.807, 2.05) is 38.1 Å². The Morgan fingerprint density at radius 3 is 2.43 bits per heavy atom. The molecule has 2 aromatic carbocycles. The van der Waals surface area contributed by atoms with E-state index in [0.717, 1.165) is 17.7 Å². The first-order valence-electron chi connectivity index (χ1n) is 10.3. The summed E-state index contributed by atoms with van der Waals surface area (Å²) in [5.41, 5.74) is 3.45. The van der Waals surface area contributed by atoms with Gasteiger partial charge in [-0.3, -0.25) is 9.59 Å². The molecule has 6 nitrogen and oxygen atoms in total. The molecule has 0 saturated heterocycles. The molecule has 1 aliphatic heterocycles. The van der Waals surface area contributed by atoms with Gasteiger partial charge in [-0.25, -0.2) is 8.42 Å².